The van der Waals surface area contributed by atoms with Gasteiger partial charge in [-0.05, 0) is 63.3 Å². The van der Waals surface area contributed by atoms with Crippen LogP contribution in [0, 0.1) is 13.8 Å². The number of fused-ring (bicyclic) bond motifs is 1. The number of benzene rings is 2. The summed E-state index contributed by atoms with van der Waals surface area (Å²) in [7, 11) is 3.92. The van der Waals surface area contributed by atoms with Crippen molar-refractivity contribution in [2.75, 3.05) is 37.0 Å². The summed E-state index contributed by atoms with van der Waals surface area (Å²) in [6.07, 6.45) is 0.410. The summed E-state index contributed by atoms with van der Waals surface area (Å²) in [6, 6.07) is 10.8. The van der Waals surface area contributed by atoms with Gasteiger partial charge in [0.05, 0.1) is 15.9 Å². The molecule has 33 heavy (non-hydrogen) atoms. The SMILES string of the molecule is Cc1ccc2sc(N(CCN(C)C)C(=O)c3cccc(N4C(=O)CCC4=O)c3)nc2c1C.Cl. The lowest BCUT2D eigenvalue weighted by Gasteiger charge is -2.23. The largest absolute Gasteiger partial charge is 0.308 e. The number of aryl methyl sites for hydroxylation is 2. The zero-order valence-corrected chi connectivity index (χ0v) is 20.8. The van der Waals surface area contributed by atoms with Crippen LogP contribution in [0.25, 0.3) is 10.2 Å². The third-order valence-electron chi connectivity index (χ3n) is 5.72. The van der Waals surface area contributed by atoms with Crippen LogP contribution in [-0.2, 0) is 9.59 Å². The van der Waals surface area contributed by atoms with Gasteiger partial charge in [-0.2, -0.15) is 0 Å². The number of thiazole rings is 1. The van der Waals surface area contributed by atoms with Gasteiger partial charge in [0.15, 0.2) is 5.13 Å². The maximum Gasteiger partial charge on any atom is 0.260 e. The fourth-order valence-corrected chi connectivity index (χ4v) is 4.76. The van der Waals surface area contributed by atoms with E-state index in [1.54, 1.807) is 29.2 Å². The van der Waals surface area contributed by atoms with E-state index in [4.69, 9.17) is 4.98 Å². The van der Waals surface area contributed by atoms with Gasteiger partial charge in [-0.1, -0.05) is 23.5 Å². The predicted molar refractivity (Wildman–Crippen MR) is 135 cm³/mol. The number of aromatic nitrogens is 1. The Hall–Kier alpha value is -2.81. The number of hydrogen-bond donors (Lipinski definition) is 0. The number of halogens is 1. The first-order valence-electron chi connectivity index (χ1n) is 10.6. The van der Waals surface area contributed by atoms with Crippen LogP contribution < -0.4 is 9.80 Å². The Morgan fingerprint density at radius 1 is 1.06 bits per heavy atom. The molecule has 0 aliphatic carbocycles. The highest BCUT2D eigenvalue weighted by atomic mass is 35.5. The molecule has 1 fully saturated rings. The second-order valence-electron chi connectivity index (χ2n) is 8.28. The molecule has 0 N–H and O–H groups in total. The fourth-order valence-electron chi connectivity index (χ4n) is 3.71. The minimum absolute atomic E-state index is 0. The van der Waals surface area contributed by atoms with Crippen molar-refractivity contribution in [2.24, 2.45) is 0 Å². The smallest absolute Gasteiger partial charge is 0.260 e. The molecule has 9 heteroatoms. The number of carbonyl (C=O) groups is 3. The lowest BCUT2D eigenvalue weighted by atomic mass is 10.1. The minimum atomic E-state index is -0.235. The Morgan fingerprint density at radius 3 is 2.42 bits per heavy atom. The Balaban J connectivity index is 0.00000306. The van der Waals surface area contributed by atoms with Crippen molar-refractivity contribution in [3.05, 3.63) is 53.1 Å². The Kier molecular flexibility index (Phi) is 7.51. The number of likely N-dealkylation sites (N-methyl/N-ethyl adjacent to an activating group) is 1. The van der Waals surface area contributed by atoms with Crippen molar-refractivity contribution in [3.63, 3.8) is 0 Å². The van der Waals surface area contributed by atoms with Gasteiger partial charge in [0.2, 0.25) is 11.8 Å². The number of anilines is 2. The zero-order chi connectivity index (χ0) is 23.0. The highest BCUT2D eigenvalue weighted by Crippen LogP contribution is 2.33. The third kappa shape index (κ3) is 4.93. The van der Waals surface area contributed by atoms with Gasteiger partial charge >= 0.3 is 0 Å². The fraction of sp³-hybridized carbons (Fsp3) is 0.333. The van der Waals surface area contributed by atoms with E-state index in [1.807, 2.05) is 32.0 Å². The monoisotopic (exact) mass is 486 g/mol. The molecule has 0 unspecified atom stereocenters. The van der Waals surface area contributed by atoms with Gasteiger partial charge in [0.1, 0.15) is 0 Å². The van der Waals surface area contributed by atoms with Crippen LogP contribution in [0.1, 0.15) is 34.3 Å². The van der Waals surface area contributed by atoms with E-state index in [0.717, 1.165) is 21.3 Å². The Morgan fingerprint density at radius 2 is 1.76 bits per heavy atom. The first kappa shape index (κ1) is 24.8. The maximum absolute atomic E-state index is 13.6. The summed E-state index contributed by atoms with van der Waals surface area (Å²) in [6.45, 7) is 5.23. The average Bonchev–Trinajstić information content (AvgIpc) is 3.34. The second-order valence-corrected chi connectivity index (χ2v) is 9.29. The van der Waals surface area contributed by atoms with Gasteiger partial charge < -0.3 is 4.90 Å². The summed E-state index contributed by atoms with van der Waals surface area (Å²) in [5.41, 5.74) is 4.04. The molecule has 0 bridgehead atoms. The van der Waals surface area contributed by atoms with Gasteiger partial charge in [0, 0.05) is 31.5 Å². The van der Waals surface area contributed by atoms with Crippen LogP contribution in [0.2, 0.25) is 0 Å². The van der Waals surface area contributed by atoms with Gasteiger partial charge in [-0.25, -0.2) is 4.98 Å². The molecular weight excluding hydrogens is 460 g/mol. The van der Waals surface area contributed by atoms with E-state index in [0.29, 0.717) is 29.5 Å². The van der Waals surface area contributed by atoms with Crippen molar-refractivity contribution in [2.45, 2.75) is 26.7 Å². The van der Waals surface area contributed by atoms with E-state index >= 15 is 0 Å². The molecule has 2 aromatic carbocycles. The molecule has 3 amide bonds. The first-order chi connectivity index (χ1) is 15.3. The van der Waals surface area contributed by atoms with E-state index in [9.17, 15) is 14.4 Å². The number of hydrogen-bond acceptors (Lipinski definition) is 6. The summed E-state index contributed by atoms with van der Waals surface area (Å²) in [4.78, 5) is 47.6. The highest BCUT2D eigenvalue weighted by Gasteiger charge is 2.31. The van der Waals surface area contributed by atoms with Crippen LogP contribution in [0.3, 0.4) is 0 Å². The molecule has 0 atom stereocenters. The molecule has 2 heterocycles. The summed E-state index contributed by atoms with van der Waals surface area (Å²) < 4.78 is 1.03. The van der Waals surface area contributed by atoms with E-state index in [2.05, 4.69) is 13.0 Å². The van der Waals surface area contributed by atoms with Crippen LogP contribution in [0.5, 0.6) is 0 Å². The second kappa shape index (κ2) is 9.99. The van der Waals surface area contributed by atoms with E-state index in [-0.39, 0.29) is 43.0 Å². The Labute approximate surface area is 203 Å². The molecule has 174 valence electrons. The quantitative estimate of drug-likeness (QED) is 0.488. The molecule has 3 aromatic rings. The third-order valence-corrected chi connectivity index (χ3v) is 6.77. The van der Waals surface area contributed by atoms with Gasteiger partial charge in [-0.3, -0.25) is 24.2 Å². The van der Waals surface area contributed by atoms with Gasteiger partial charge in [-0.15, -0.1) is 12.4 Å². The lowest BCUT2D eigenvalue weighted by Crippen LogP contribution is -2.37. The molecule has 0 spiro atoms. The van der Waals surface area contributed by atoms with E-state index < -0.39 is 0 Å². The molecule has 1 aromatic heterocycles. The Bertz CT molecular complexity index is 1210. The average molecular weight is 487 g/mol. The summed E-state index contributed by atoms with van der Waals surface area (Å²) in [5.74, 6) is -0.677. The summed E-state index contributed by atoms with van der Waals surface area (Å²) >= 11 is 1.49. The molecule has 1 saturated heterocycles. The van der Waals surface area contributed by atoms with Crippen LogP contribution in [0.15, 0.2) is 36.4 Å². The van der Waals surface area contributed by atoms with E-state index in [1.165, 1.54) is 16.2 Å². The zero-order valence-electron chi connectivity index (χ0n) is 19.1. The lowest BCUT2D eigenvalue weighted by molar-refractivity contribution is -0.121. The number of rotatable bonds is 6. The summed E-state index contributed by atoms with van der Waals surface area (Å²) in [5, 5.41) is 0.638. The molecule has 0 radical (unpaired) electrons. The van der Waals surface area contributed by atoms with Crippen molar-refractivity contribution in [1.29, 1.82) is 0 Å². The van der Waals surface area contributed by atoms with Crippen LogP contribution in [-0.4, -0.2) is 54.8 Å². The predicted octanol–water partition coefficient (Wildman–Crippen LogP) is 4.20. The molecule has 4 rings (SSSR count). The first-order valence-corrected chi connectivity index (χ1v) is 11.4. The van der Waals surface area contributed by atoms with Crippen molar-refractivity contribution in [1.82, 2.24) is 9.88 Å². The van der Waals surface area contributed by atoms with Gasteiger partial charge in [0.25, 0.3) is 5.91 Å². The molecule has 1 aliphatic heterocycles. The normalized spacial score (nSPS) is 13.7. The molecule has 1 aliphatic rings. The number of amides is 3. The molecular formula is C24H27ClN4O3S. The molecule has 0 saturated carbocycles. The molecule has 7 nitrogen and oxygen atoms in total. The standard InChI is InChI=1S/C24H26N4O3S.ClH/c1-15-8-9-19-22(16(15)2)25-24(32-19)27(13-12-26(3)4)23(31)17-6-5-7-18(14-17)28-20(29)10-11-21(28)30;/h5-9,14H,10-13H2,1-4H3;1H. The van der Waals surface area contributed by atoms with Crippen molar-refractivity contribution >= 4 is 62.5 Å². The van der Waals surface area contributed by atoms with Crippen LogP contribution in [0.4, 0.5) is 10.8 Å². The topological polar surface area (TPSA) is 73.8 Å². The number of imide groups is 1. The number of carbonyl (C=O) groups excluding carboxylic acids is 3. The van der Waals surface area contributed by atoms with Crippen LogP contribution >= 0.6 is 23.7 Å². The van der Waals surface area contributed by atoms with Crippen molar-refractivity contribution in [3.8, 4) is 0 Å². The number of nitrogens with zero attached hydrogens (tertiary/aromatic N) is 4. The minimum Gasteiger partial charge on any atom is -0.308 e. The maximum atomic E-state index is 13.6. The highest BCUT2D eigenvalue weighted by molar-refractivity contribution is 7.22. The van der Waals surface area contributed by atoms with Crippen molar-refractivity contribution < 1.29 is 14.4 Å².